The van der Waals surface area contributed by atoms with Gasteiger partial charge in [-0.2, -0.15) is 22.0 Å². The minimum absolute atomic E-state index is 0.0808. The van der Waals surface area contributed by atoms with Crippen LogP contribution in [0, 0.1) is 11.3 Å². The fourth-order valence-electron chi connectivity index (χ4n) is 1.50. The van der Waals surface area contributed by atoms with Crippen molar-refractivity contribution in [1.82, 2.24) is 9.97 Å². The van der Waals surface area contributed by atoms with E-state index >= 15 is 0 Å². The predicted molar refractivity (Wildman–Crippen MR) is 66.3 cm³/mol. The molecule has 0 amide bonds. The molecular formula is C9H8Cl2N4S. The van der Waals surface area contributed by atoms with Crippen molar-refractivity contribution < 1.29 is 0 Å². The molecule has 0 aliphatic carbocycles. The van der Waals surface area contributed by atoms with Crippen LogP contribution in [0.3, 0.4) is 0 Å². The number of aromatic nitrogens is 2. The SMILES string of the molecule is N#Cc1c(Cl)nc(Cl)nc1N1CCSCC1. The van der Waals surface area contributed by atoms with Gasteiger partial charge in [0.05, 0.1) is 0 Å². The van der Waals surface area contributed by atoms with Gasteiger partial charge in [0, 0.05) is 24.6 Å². The molecule has 1 saturated heterocycles. The summed E-state index contributed by atoms with van der Waals surface area (Å²) in [5.41, 5.74) is 0.304. The summed E-state index contributed by atoms with van der Waals surface area (Å²) in [4.78, 5) is 9.88. The standard InChI is InChI=1S/C9H8Cl2N4S/c10-7-6(5-12)8(14-9(11)13-7)15-1-3-16-4-2-15/h1-4H2. The van der Waals surface area contributed by atoms with Crippen LogP contribution >= 0.6 is 35.0 Å². The highest BCUT2D eigenvalue weighted by molar-refractivity contribution is 7.99. The smallest absolute Gasteiger partial charge is 0.225 e. The molecule has 0 bridgehead atoms. The van der Waals surface area contributed by atoms with E-state index in [1.165, 1.54) is 0 Å². The summed E-state index contributed by atoms with van der Waals surface area (Å²) in [6, 6.07) is 2.02. The third kappa shape index (κ3) is 2.34. The number of halogens is 2. The summed E-state index contributed by atoms with van der Waals surface area (Å²) in [6.07, 6.45) is 0. The van der Waals surface area contributed by atoms with Gasteiger partial charge in [0.25, 0.3) is 0 Å². The first kappa shape index (κ1) is 11.8. The lowest BCUT2D eigenvalue weighted by molar-refractivity contribution is 0.832. The maximum Gasteiger partial charge on any atom is 0.225 e. The van der Waals surface area contributed by atoms with Crippen LogP contribution in [0.1, 0.15) is 5.56 Å². The molecule has 0 saturated carbocycles. The van der Waals surface area contributed by atoms with E-state index in [0.717, 1.165) is 24.6 Å². The van der Waals surface area contributed by atoms with Crippen molar-refractivity contribution in [1.29, 1.82) is 5.26 Å². The van der Waals surface area contributed by atoms with Gasteiger partial charge in [0.2, 0.25) is 5.28 Å². The molecule has 4 nitrogen and oxygen atoms in total. The summed E-state index contributed by atoms with van der Waals surface area (Å²) < 4.78 is 0. The minimum Gasteiger partial charge on any atom is -0.354 e. The van der Waals surface area contributed by atoms with Crippen molar-refractivity contribution in [3.05, 3.63) is 16.0 Å². The number of anilines is 1. The van der Waals surface area contributed by atoms with Crippen molar-refractivity contribution in [2.24, 2.45) is 0 Å². The second-order valence-electron chi connectivity index (χ2n) is 3.19. The zero-order valence-electron chi connectivity index (χ0n) is 8.28. The van der Waals surface area contributed by atoms with Crippen LogP contribution in [0.4, 0.5) is 5.82 Å². The van der Waals surface area contributed by atoms with Crippen molar-refractivity contribution in [3.63, 3.8) is 0 Å². The van der Waals surface area contributed by atoms with Gasteiger partial charge < -0.3 is 4.90 Å². The largest absolute Gasteiger partial charge is 0.354 e. The van der Waals surface area contributed by atoms with E-state index in [9.17, 15) is 0 Å². The van der Waals surface area contributed by atoms with Gasteiger partial charge in [0.1, 0.15) is 11.6 Å². The maximum atomic E-state index is 9.03. The quantitative estimate of drug-likeness (QED) is 0.581. The number of rotatable bonds is 1. The van der Waals surface area contributed by atoms with Crippen LogP contribution < -0.4 is 4.90 Å². The molecule has 2 rings (SSSR count). The summed E-state index contributed by atoms with van der Waals surface area (Å²) >= 11 is 13.5. The number of hydrogen-bond acceptors (Lipinski definition) is 5. The third-order valence-electron chi connectivity index (χ3n) is 2.24. The molecule has 84 valence electrons. The average molecular weight is 275 g/mol. The average Bonchev–Trinajstić information content (AvgIpc) is 2.29. The molecule has 1 aliphatic heterocycles. The summed E-state index contributed by atoms with van der Waals surface area (Å²) in [5.74, 6) is 2.58. The highest BCUT2D eigenvalue weighted by atomic mass is 35.5. The van der Waals surface area contributed by atoms with Crippen molar-refractivity contribution >= 4 is 40.8 Å². The van der Waals surface area contributed by atoms with Crippen molar-refractivity contribution in [3.8, 4) is 6.07 Å². The second kappa shape index (κ2) is 5.09. The van der Waals surface area contributed by atoms with E-state index in [-0.39, 0.29) is 10.4 Å². The fraction of sp³-hybridized carbons (Fsp3) is 0.444. The Morgan fingerprint density at radius 1 is 1.25 bits per heavy atom. The highest BCUT2D eigenvalue weighted by Crippen LogP contribution is 2.26. The van der Waals surface area contributed by atoms with Gasteiger partial charge in [-0.1, -0.05) is 11.6 Å². The topological polar surface area (TPSA) is 52.8 Å². The van der Waals surface area contributed by atoms with Crippen LogP contribution in [-0.2, 0) is 0 Å². The number of thioether (sulfide) groups is 1. The summed E-state index contributed by atoms with van der Waals surface area (Å²) in [6.45, 7) is 1.70. The van der Waals surface area contributed by atoms with Gasteiger partial charge in [0.15, 0.2) is 11.0 Å². The Bertz CT molecular complexity index is 440. The molecule has 0 unspecified atom stereocenters. The monoisotopic (exact) mass is 274 g/mol. The lowest BCUT2D eigenvalue weighted by Gasteiger charge is -2.28. The zero-order valence-corrected chi connectivity index (χ0v) is 10.6. The Morgan fingerprint density at radius 2 is 1.94 bits per heavy atom. The van der Waals surface area contributed by atoms with E-state index in [4.69, 9.17) is 28.5 Å². The molecule has 1 aromatic heterocycles. The van der Waals surface area contributed by atoms with Gasteiger partial charge in [-0.3, -0.25) is 0 Å². The number of hydrogen-bond donors (Lipinski definition) is 0. The Kier molecular flexibility index (Phi) is 3.74. The zero-order chi connectivity index (χ0) is 11.5. The summed E-state index contributed by atoms with van der Waals surface area (Å²) in [7, 11) is 0. The van der Waals surface area contributed by atoms with Crippen LogP contribution in [0.25, 0.3) is 0 Å². The Hall–Kier alpha value is -0.700. The molecule has 0 aromatic carbocycles. The number of nitriles is 1. The molecule has 0 N–H and O–H groups in total. The van der Waals surface area contributed by atoms with Crippen LogP contribution in [0.2, 0.25) is 10.4 Å². The third-order valence-corrected chi connectivity index (χ3v) is 3.63. The van der Waals surface area contributed by atoms with E-state index in [1.807, 2.05) is 22.7 Å². The first-order valence-electron chi connectivity index (χ1n) is 4.68. The van der Waals surface area contributed by atoms with Gasteiger partial charge in [-0.25, -0.2) is 4.98 Å². The molecule has 2 heterocycles. The molecule has 0 spiro atoms. The van der Waals surface area contributed by atoms with E-state index in [1.54, 1.807) is 0 Å². The Labute approximate surface area is 108 Å². The maximum absolute atomic E-state index is 9.03. The molecule has 1 aliphatic rings. The molecule has 0 radical (unpaired) electrons. The molecule has 7 heteroatoms. The molecular weight excluding hydrogens is 267 g/mol. The van der Waals surface area contributed by atoms with Crippen LogP contribution in [0.5, 0.6) is 0 Å². The minimum atomic E-state index is 0.0808. The molecule has 16 heavy (non-hydrogen) atoms. The van der Waals surface area contributed by atoms with Crippen LogP contribution in [-0.4, -0.2) is 34.6 Å². The lowest BCUT2D eigenvalue weighted by Crippen LogP contribution is -2.33. The first-order valence-corrected chi connectivity index (χ1v) is 6.59. The van der Waals surface area contributed by atoms with E-state index < -0.39 is 0 Å². The second-order valence-corrected chi connectivity index (χ2v) is 5.11. The highest BCUT2D eigenvalue weighted by Gasteiger charge is 2.20. The number of nitrogens with zero attached hydrogens (tertiary/aromatic N) is 4. The first-order chi connectivity index (χ1) is 7.72. The van der Waals surface area contributed by atoms with Gasteiger partial charge in [-0.05, 0) is 11.6 Å². The predicted octanol–water partition coefficient (Wildman–Crippen LogP) is 2.21. The lowest BCUT2D eigenvalue weighted by atomic mass is 10.3. The Balaban J connectivity index is 2.42. The Morgan fingerprint density at radius 3 is 2.56 bits per heavy atom. The fourth-order valence-corrected chi connectivity index (χ4v) is 2.82. The normalized spacial score (nSPS) is 15.9. The van der Waals surface area contributed by atoms with Crippen molar-refractivity contribution in [2.45, 2.75) is 0 Å². The van der Waals surface area contributed by atoms with Crippen LogP contribution in [0.15, 0.2) is 0 Å². The van der Waals surface area contributed by atoms with E-state index in [0.29, 0.717) is 11.4 Å². The summed E-state index contributed by atoms with van der Waals surface area (Å²) in [5, 5.41) is 9.23. The van der Waals surface area contributed by atoms with Gasteiger partial charge >= 0.3 is 0 Å². The van der Waals surface area contributed by atoms with E-state index in [2.05, 4.69) is 9.97 Å². The molecule has 1 aromatic rings. The molecule has 0 atom stereocenters. The van der Waals surface area contributed by atoms with Gasteiger partial charge in [-0.15, -0.1) is 0 Å². The van der Waals surface area contributed by atoms with Crippen molar-refractivity contribution in [2.75, 3.05) is 29.5 Å². The molecule has 1 fully saturated rings.